The maximum absolute atomic E-state index is 12.1. The van der Waals surface area contributed by atoms with Gasteiger partial charge < -0.3 is 14.8 Å². The van der Waals surface area contributed by atoms with Crippen molar-refractivity contribution >= 4 is 11.8 Å². The third kappa shape index (κ3) is 5.87. The van der Waals surface area contributed by atoms with Crippen molar-refractivity contribution in [1.29, 1.82) is 0 Å². The normalized spacial score (nSPS) is 11.8. The van der Waals surface area contributed by atoms with Crippen LogP contribution in [0.25, 0.3) is 0 Å². The van der Waals surface area contributed by atoms with Gasteiger partial charge in [0.05, 0.1) is 6.33 Å². The molecule has 0 unspecified atom stereocenters. The van der Waals surface area contributed by atoms with Crippen molar-refractivity contribution < 1.29 is 9.59 Å². The number of amides is 2. The van der Waals surface area contributed by atoms with E-state index in [1.54, 1.807) is 17.4 Å². The van der Waals surface area contributed by atoms with Crippen LogP contribution in [0.2, 0.25) is 0 Å². The number of carbonyl (C=O) groups excluding carboxylic acids is 2. The van der Waals surface area contributed by atoms with Gasteiger partial charge >= 0.3 is 0 Å². The number of hydrogen-bond donors (Lipinski definition) is 1. The lowest BCUT2D eigenvalue weighted by molar-refractivity contribution is -0.130. The summed E-state index contributed by atoms with van der Waals surface area (Å²) in [5.74, 6) is -0.0833. The highest BCUT2D eigenvalue weighted by atomic mass is 16.2. The molecule has 6 heteroatoms. The Bertz CT molecular complexity index is 640. The molecule has 24 heavy (non-hydrogen) atoms. The van der Waals surface area contributed by atoms with Gasteiger partial charge in [0.1, 0.15) is 0 Å². The third-order valence-corrected chi connectivity index (χ3v) is 3.72. The lowest BCUT2D eigenvalue weighted by Gasteiger charge is -2.21. The van der Waals surface area contributed by atoms with Gasteiger partial charge in [-0.3, -0.25) is 9.59 Å². The molecule has 1 atom stereocenters. The number of nitrogens with zero attached hydrogens (tertiary/aromatic N) is 3. The SMILES string of the molecule is CC(=O)N(CCC(=O)N[C@H](C)Cn1ccnc1)Cc1ccccc1. The van der Waals surface area contributed by atoms with E-state index in [2.05, 4.69) is 10.3 Å². The number of aromatic nitrogens is 2. The number of carbonyl (C=O) groups is 2. The number of hydrogen-bond acceptors (Lipinski definition) is 3. The van der Waals surface area contributed by atoms with Gasteiger partial charge in [-0.05, 0) is 12.5 Å². The van der Waals surface area contributed by atoms with Crippen LogP contribution in [0.3, 0.4) is 0 Å². The Labute approximate surface area is 142 Å². The first-order chi connectivity index (χ1) is 11.5. The van der Waals surface area contributed by atoms with Gasteiger partial charge in [0.2, 0.25) is 11.8 Å². The van der Waals surface area contributed by atoms with Gasteiger partial charge in [-0.25, -0.2) is 4.98 Å². The van der Waals surface area contributed by atoms with E-state index < -0.39 is 0 Å². The quantitative estimate of drug-likeness (QED) is 0.804. The molecule has 0 bridgehead atoms. The molecule has 0 spiro atoms. The maximum atomic E-state index is 12.1. The summed E-state index contributed by atoms with van der Waals surface area (Å²) >= 11 is 0. The second kappa shape index (κ2) is 8.86. The van der Waals surface area contributed by atoms with E-state index in [4.69, 9.17) is 0 Å². The minimum atomic E-state index is -0.0538. The largest absolute Gasteiger partial charge is 0.352 e. The van der Waals surface area contributed by atoms with E-state index in [0.29, 0.717) is 26.1 Å². The number of rotatable bonds is 8. The van der Waals surface area contributed by atoms with Gasteiger partial charge in [-0.1, -0.05) is 30.3 Å². The zero-order valence-electron chi connectivity index (χ0n) is 14.2. The predicted molar refractivity (Wildman–Crippen MR) is 92.0 cm³/mol. The lowest BCUT2D eigenvalue weighted by atomic mass is 10.2. The highest BCUT2D eigenvalue weighted by Crippen LogP contribution is 2.05. The second-order valence-corrected chi connectivity index (χ2v) is 5.90. The van der Waals surface area contributed by atoms with Gasteiger partial charge in [-0.2, -0.15) is 0 Å². The first-order valence-electron chi connectivity index (χ1n) is 8.09. The topological polar surface area (TPSA) is 67.2 Å². The first kappa shape index (κ1) is 17.7. The molecule has 2 amide bonds. The Hall–Kier alpha value is -2.63. The molecule has 0 radical (unpaired) electrons. The van der Waals surface area contributed by atoms with Crippen LogP contribution in [0.1, 0.15) is 25.8 Å². The average molecular weight is 328 g/mol. The summed E-state index contributed by atoms with van der Waals surface area (Å²) in [6.45, 7) is 5.08. The molecular weight excluding hydrogens is 304 g/mol. The van der Waals surface area contributed by atoms with Gasteiger partial charge in [0.15, 0.2) is 0 Å². The van der Waals surface area contributed by atoms with E-state index in [-0.39, 0.29) is 17.9 Å². The van der Waals surface area contributed by atoms with Crippen LogP contribution in [0, 0.1) is 0 Å². The molecule has 0 saturated heterocycles. The predicted octanol–water partition coefficient (Wildman–Crippen LogP) is 1.83. The Balaban J connectivity index is 1.78. The third-order valence-electron chi connectivity index (χ3n) is 3.72. The molecule has 1 aromatic heterocycles. The summed E-state index contributed by atoms with van der Waals surface area (Å²) in [5, 5.41) is 2.95. The molecule has 1 heterocycles. The summed E-state index contributed by atoms with van der Waals surface area (Å²) in [6, 6.07) is 9.78. The fraction of sp³-hybridized carbons (Fsp3) is 0.389. The van der Waals surface area contributed by atoms with Crippen LogP contribution in [0.15, 0.2) is 49.1 Å². The molecule has 6 nitrogen and oxygen atoms in total. The van der Waals surface area contributed by atoms with E-state index >= 15 is 0 Å². The first-order valence-corrected chi connectivity index (χ1v) is 8.09. The van der Waals surface area contributed by atoms with Crippen molar-refractivity contribution in [3.63, 3.8) is 0 Å². The Morgan fingerprint density at radius 2 is 2.04 bits per heavy atom. The molecule has 0 saturated carbocycles. The van der Waals surface area contributed by atoms with Crippen molar-refractivity contribution in [2.45, 2.75) is 39.4 Å². The highest BCUT2D eigenvalue weighted by molar-refractivity contribution is 5.78. The Morgan fingerprint density at radius 3 is 2.67 bits per heavy atom. The molecule has 128 valence electrons. The lowest BCUT2D eigenvalue weighted by Crippen LogP contribution is -2.38. The highest BCUT2D eigenvalue weighted by Gasteiger charge is 2.13. The summed E-state index contributed by atoms with van der Waals surface area (Å²) in [7, 11) is 0. The minimum Gasteiger partial charge on any atom is -0.352 e. The van der Waals surface area contributed by atoms with E-state index in [1.165, 1.54) is 6.92 Å². The molecule has 0 aliphatic carbocycles. The van der Waals surface area contributed by atoms with E-state index in [0.717, 1.165) is 5.56 Å². The second-order valence-electron chi connectivity index (χ2n) is 5.90. The van der Waals surface area contributed by atoms with Gasteiger partial charge in [0.25, 0.3) is 0 Å². The van der Waals surface area contributed by atoms with Crippen molar-refractivity contribution in [2.75, 3.05) is 6.54 Å². The molecule has 0 fully saturated rings. The zero-order chi connectivity index (χ0) is 17.4. The van der Waals surface area contributed by atoms with Crippen LogP contribution >= 0.6 is 0 Å². The van der Waals surface area contributed by atoms with Crippen LogP contribution in [0.5, 0.6) is 0 Å². The summed E-state index contributed by atoms with van der Waals surface area (Å²) in [4.78, 5) is 29.5. The maximum Gasteiger partial charge on any atom is 0.222 e. The Kier molecular flexibility index (Phi) is 6.54. The molecule has 2 rings (SSSR count). The standard InChI is InChI=1S/C18H24N4O2/c1-15(12-21-11-9-19-14-21)20-18(24)8-10-22(16(2)23)13-17-6-4-3-5-7-17/h3-7,9,11,14-15H,8,10,12-13H2,1-2H3,(H,20,24)/t15-/m1/s1. The van der Waals surface area contributed by atoms with Gasteiger partial charge in [0, 0.05) is 51.4 Å². The van der Waals surface area contributed by atoms with E-state index in [1.807, 2.05) is 48.0 Å². The molecule has 0 aliphatic heterocycles. The molecule has 2 aromatic rings. The average Bonchev–Trinajstić information content (AvgIpc) is 3.04. The van der Waals surface area contributed by atoms with Crippen LogP contribution in [0.4, 0.5) is 0 Å². The van der Waals surface area contributed by atoms with Crippen LogP contribution in [-0.2, 0) is 22.7 Å². The van der Waals surface area contributed by atoms with Crippen LogP contribution < -0.4 is 5.32 Å². The van der Waals surface area contributed by atoms with Crippen molar-refractivity contribution in [3.05, 3.63) is 54.6 Å². The molecular formula is C18H24N4O2. The van der Waals surface area contributed by atoms with E-state index in [9.17, 15) is 9.59 Å². The summed E-state index contributed by atoms with van der Waals surface area (Å²) in [6.07, 6.45) is 5.59. The molecule has 1 N–H and O–H groups in total. The molecule has 1 aromatic carbocycles. The minimum absolute atomic E-state index is 0.00611. The van der Waals surface area contributed by atoms with Crippen LogP contribution in [-0.4, -0.2) is 38.9 Å². The number of nitrogens with one attached hydrogen (secondary N) is 1. The summed E-state index contributed by atoms with van der Waals surface area (Å²) < 4.78 is 1.92. The Morgan fingerprint density at radius 1 is 1.29 bits per heavy atom. The summed E-state index contributed by atoms with van der Waals surface area (Å²) in [5.41, 5.74) is 1.06. The monoisotopic (exact) mass is 328 g/mol. The number of imidazole rings is 1. The molecule has 0 aliphatic rings. The zero-order valence-corrected chi connectivity index (χ0v) is 14.2. The smallest absolute Gasteiger partial charge is 0.222 e. The number of benzene rings is 1. The fourth-order valence-electron chi connectivity index (χ4n) is 2.49. The van der Waals surface area contributed by atoms with Gasteiger partial charge in [-0.15, -0.1) is 0 Å². The fourth-order valence-corrected chi connectivity index (χ4v) is 2.49. The van der Waals surface area contributed by atoms with Crippen molar-refractivity contribution in [3.8, 4) is 0 Å². The van der Waals surface area contributed by atoms with Crippen molar-refractivity contribution in [2.24, 2.45) is 0 Å². The van der Waals surface area contributed by atoms with Crippen molar-refractivity contribution in [1.82, 2.24) is 19.8 Å².